The average molecular weight is 277 g/mol. The fourth-order valence-corrected chi connectivity index (χ4v) is 2.83. The molecule has 3 aromatic rings. The van der Waals surface area contributed by atoms with E-state index in [9.17, 15) is 0 Å². The topological polar surface area (TPSA) is 43.8 Å². The zero-order valence-corrected chi connectivity index (χ0v) is 12.6. The van der Waals surface area contributed by atoms with Gasteiger partial charge in [0.15, 0.2) is 0 Å². The minimum atomic E-state index is 0.656. The zero-order valence-electron chi connectivity index (χ0n) is 12.6. The van der Waals surface area contributed by atoms with E-state index in [2.05, 4.69) is 32.9 Å². The maximum Gasteiger partial charge on any atom is 0.127 e. The van der Waals surface area contributed by atoms with Crippen molar-refractivity contribution in [3.8, 4) is 16.9 Å². The minimum absolute atomic E-state index is 0.656. The highest BCUT2D eigenvalue weighted by molar-refractivity contribution is 5.64. The van der Waals surface area contributed by atoms with Crippen LogP contribution in [0.15, 0.2) is 48.5 Å². The summed E-state index contributed by atoms with van der Waals surface area (Å²) >= 11 is 0. The number of hydrogen-bond acceptors (Lipinski definition) is 2. The first-order valence-corrected chi connectivity index (χ1v) is 7.05. The van der Waals surface area contributed by atoms with Gasteiger partial charge in [-0.3, -0.25) is 0 Å². The monoisotopic (exact) mass is 277 g/mol. The van der Waals surface area contributed by atoms with Crippen LogP contribution in [0.4, 0.5) is 5.82 Å². The predicted molar refractivity (Wildman–Crippen MR) is 87.6 cm³/mol. The van der Waals surface area contributed by atoms with Crippen LogP contribution in [0.1, 0.15) is 16.7 Å². The second kappa shape index (κ2) is 5.09. The number of aryl methyl sites for hydroxylation is 3. The van der Waals surface area contributed by atoms with Crippen LogP contribution < -0.4 is 5.73 Å². The third-order valence-corrected chi connectivity index (χ3v) is 3.65. The van der Waals surface area contributed by atoms with Gasteiger partial charge in [0.2, 0.25) is 0 Å². The van der Waals surface area contributed by atoms with E-state index in [1.54, 1.807) is 0 Å². The van der Waals surface area contributed by atoms with Gasteiger partial charge in [-0.15, -0.1) is 0 Å². The van der Waals surface area contributed by atoms with Crippen LogP contribution in [0.2, 0.25) is 0 Å². The van der Waals surface area contributed by atoms with Crippen LogP contribution in [0, 0.1) is 20.8 Å². The molecule has 0 radical (unpaired) electrons. The summed E-state index contributed by atoms with van der Waals surface area (Å²) in [4.78, 5) is 0. The number of anilines is 1. The number of nitrogens with zero attached hydrogens (tertiary/aromatic N) is 2. The van der Waals surface area contributed by atoms with Gasteiger partial charge in [-0.25, -0.2) is 4.68 Å². The molecular formula is C18H19N3. The molecule has 0 spiro atoms. The van der Waals surface area contributed by atoms with Crippen LogP contribution >= 0.6 is 0 Å². The first-order valence-electron chi connectivity index (χ1n) is 7.05. The van der Waals surface area contributed by atoms with E-state index in [0.717, 1.165) is 16.9 Å². The lowest BCUT2D eigenvalue weighted by Crippen LogP contribution is -2.06. The second-order valence-electron chi connectivity index (χ2n) is 5.48. The van der Waals surface area contributed by atoms with E-state index in [0.29, 0.717) is 5.82 Å². The molecule has 3 nitrogen and oxygen atoms in total. The molecule has 106 valence electrons. The fourth-order valence-electron chi connectivity index (χ4n) is 2.83. The molecule has 0 saturated carbocycles. The lowest BCUT2D eigenvalue weighted by atomic mass is 10.1. The largest absolute Gasteiger partial charge is 0.384 e. The standard InChI is InChI=1S/C18H19N3/c1-12-9-13(2)18(14(3)10-12)21-17(19)11-16(20-21)15-7-5-4-6-8-15/h4-11H,19H2,1-3H3. The van der Waals surface area contributed by atoms with Crippen molar-refractivity contribution in [2.24, 2.45) is 0 Å². The molecule has 0 aliphatic rings. The Labute approximate surface area is 125 Å². The highest BCUT2D eigenvalue weighted by atomic mass is 15.3. The summed E-state index contributed by atoms with van der Waals surface area (Å²) in [6.45, 7) is 6.29. The van der Waals surface area contributed by atoms with Gasteiger partial charge in [-0.05, 0) is 31.9 Å². The van der Waals surface area contributed by atoms with Gasteiger partial charge in [0, 0.05) is 11.6 Å². The summed E-state index contributed by atoms with van der Waals surface area (Å²) in [5.74, 6) is 0.656. The Kier molecular flexibility index (Phi) is 3.26. The number of hydrogen-bond donors (Lipinski definition) is 1. The molecule has 0 aliphatic carbocycles. The number of nitrogens with two attached hydrogens (primary N) is 1. The molecule has 0 atom stereocenters. The molecule has 1 aromatic heterocycles. The molecule has 2 aromatic carbocycles. The highest BCUT2D eigenvalue weighted by Crippen LogP contribution is 2.27. The van der Waals surface area contributed by atoms with E-state index in [-0.39, 0.29) is 0 Å². The summed E-state index contributed by atoms with van der Waals surface area (Å²) in [6, 6.07) is 16.3. The van der Waals surface area contributed by atoms with E-state index in [1.165, 1.54) is 16.7 Å². The SMILES string of the molecule is Cc1cc(C)c(-n2nc(-c3ccccc3)cc2N)c(C)c1. The first kappa shape index (κ1) is 13.4. The van der Waals surface area contributed by atoms with Crippen molar-refractivity contribution in [3.63, 3.8) is 0 Å². The van der Waals surface area contributed by atoms with Gasteiger partial charge in [-0.2, -0.15) is 5.10 Å². The van der Waals surface area contributed by atoms with Gasteiger partial charge < -0.3 is 5.73 Å². The second-order valence-corrected chi connectivity index (χ2v) is 5.48. The molecule has 2 N–H and O–H groups in total. The summed E-state index contributed by atoms with van der Waals surface area (Å²) in [5, 5.41) is 4.69. The number of rotatable bonds is 2. The molecule has 21 heavy (non-hydrogen) atoms. The maximum absolute atomic E-state index is 6.19. The predicted octanol–water partition coefficient (Wildman–Crippen LogP) is 4.05. The normalized spacial score (nSPS) is 10.8. The van der Waals surface area contributed by atoms with Crippen molar-refractivity contribution in [1.29, 1.82) is 0 Å². The van der Waals surface area contributed by atoms with E-state index in [4.69, 9.17) is 10.8 Å². The van der Waals surface area contributed by atoms with E-state index >= 15 is 0 Å². The summed E-state index contributed by atoms with van der Waals surface area (Å²) in [6.07, 6.45) is 0. The van der Waals surface area contributed by atoms with E-state index < -0.39 is 0 Å². The fraction of sp³-hybridized carbons (Fsp3) is 0.167. The Bertz CT molecular complexity index is 762. The van der Waals surface area contributed by atoms with Gasteiger partial charge in [-0.1, -0.05) is 48.0 Å². The maximum atomic E-state index is 6.19. The van der Waals surface area contributed by atoms with Crippen molar-refractivity contribution >= 4 is 5.82 Å². The molecule has 0 aliphatic heterocycles. The first-order chi connectivity index (χ1) is 10.1. The van der Waals surface area contributed by atoms with Crippen molar-refractivity contribution < 1.29 is 0 Å². The molecule has 0 bridgehead atoms. The molecule has 0 amide bonds. The lowest BCUT2D eigenvalue weighted by molar-refractivity contribution is 0.877. The number of aromatic nitrogens is 2. The highest BCUT2D eigenvalue weighted by Gasteiger charge is 2.13. The van der Waals surface area contributed by atoms with Crippen LogP contribution in [-0.2, 0) is 0 Å². The Balaban J connectivity index is 2.15. The Morgan fingerprint density at radius 3 is 2.14 bits per heavy atom. The molecule has 0 fully saturated rings. The van der Waals surface area contributed by atoms with Crippen LogP contribution in [0.3, 0.4) is 0 Å². The number of nitrogen functional groups attached to an aromatic ring is 1. The summed E-state index contributed by atoms with van der Waals surface area (Å²) < 4.78 is 1.84. The zero-order chi connectivity index (χ0) is 15.0. The molecule has 3 rings (SSSR count). The molecule has 3 heteroatoms. The van der Waals surface area contributed by atoms with Crippen molar-refractivity contribution in [3.05, 3.63) is 65.2 Å². The van der Waals surface area contributed by atoms with E-state index in [1.807, 2.05) is 41.1 Å². The van der Waals surface area contributed by atoms with Gasteiger partial charge >= 0.3 is 0 Å². The average Bonchev–Trinajstić information content (AvgIpc) is 2.81. The molecular weight excluding hydrogens is 258 g/mol. The smallest absolute Gasteiger partial charge is 0.127 e. The molecule has 1 heterocycles. The van der Waals surface area contributed by atoms with Gasteiger partial charge in [0.1, 0.15) is 5.82 Å². The number of benzene rings is 2. The quantitative estimate of drug-likeness (QED) is 0.768. The van der Waals surface area contributed by atoms with Crippen molar-refractivity contribution in [2.45, 2.75) is 20.8 Å². The Hall–Kier alpha value is -2.55. The molecule has 0 unspecified atom stereocenters. The lowest BCUT2D eigenvalue weighted by Gasteiger charge is -2.12. The van der Waals surface area contributed by atoms with Gasteiger partial charge in [0.25, 0.3) is 0 Å². The van der Waals surface area contributed by atoms with Crippen molar-refractivity contribution in [2.75, 3.05) is 5.73 Å². The third kappa shape index (κ3) is 2.42. The Morgan fingerprint density at radius 2 is 1.52 bits per heavy atom. The van der Waals surface area contributed by atoms with Crippen LogP contribution in [-0.4, -0.2) is 9.78 Å². The van der Waals surface area contributed by atoms with Crippen LogP contribution in [0.5, 0.6) is 0 Å². The van der Waals surface area contributed by atoms with Gasteiger partial charge in [0.05, 0.1) is 11.4 Å². The molecule has 0 saturated heterocycles. The summed E-state index contributed by atoms with van der Waals surface area (Å²) in [7, 11) is 0. The van der Waals surface area contributed by atoms with Crippen LogP contribution in [0.25, 0.3) is 16.9 Å². The van der Waals surface area contributed by atoms with Crippen molar-refractivity contribution in [1.82, 2.24) is 9.78 Å². The summed E-state index contributed by atoms with van der Waals surface area (Å²) in [5.41, 5.74) is 12.8. The Morgan fingerprint density at radius 1 is 0.905 bits per heavy atom. The third-order valence-electron chi connectivity index (χ3n) is 3.65. The minimum Gasteiger partial charge on any atom is -0.384 e.